The topological polar surface area (TPSA) is 75.7 Å². The van der Waals surface area contributed by atoms with Crippen LogP contribution >= 0.6 is 0 Å². The van der Waals surface area contributed by atoms with Gasteiger partial charge in [0.15, 0.2) is 0 Å². The lowest BCUT2D eigenvalue weighted by molar-refractivity contribution is -0.120. The van der Waals surface area contributed by atoms with Crippen LogP contribution in [0, 0.1) is 0 Å². The van der Waals surface area contributed by atoms with Crippen molar-refractivity contribution in [1.29, 1.82) is 0 Å². The fraction of sp³-hybridized carbons (Fsp3) is 0.533. The Kier molecular flexibility index (Phi) is 5.93. The Bertz CT molecular complexity index is 589. The van der Waals surface area contributed by atoms with Crippen molar-refractivity contribution in [1.82, 2.24) is 9.62 Å². The number of rotatable bonds is 6. The molecule has 122 valence electrons. The smallest absolute Gasteiger partial charge is 0.224 e. The summed E-state index contributed by atoms with van der Waals surface area (Å²) in [5.74, 6) is -0.253. The molecule has 1 aromatic rings. The van der Waals surface area contributed by atoms with E-state index in [0.717, 1.165) is 5.56 Å². The molecule has 2 rings (SSSR count). The van der Waals surface area contributed by atoms with E-state index in [-0.39, 0.29) is 30.7 Å². The molecule has 7 heteroatoms. The molecule has 1 fully saturated rings. The fourth-order valence-corrected chi connectivity index (χ4v) is 3.74. The van der Waals surface area contributed by atoms with E-state index in [9.17, 15) is 13.2 Å². The van der Waals surface area contributed by atoms with Gasteiger partial charge in [0.1, 0.15) is 0 Å². The van der Waals surface area contributed by atoms with Crippen molar-refractivity contribution in [3.63, 3.8) is 0 Å². The van der Waals surface area contributed by atoms with Crippen LogP contribution in [0.15, 0.2) is 30.3 Å². The van der Waals surface area contributed by atoms with Gasteiger partial charge < -0.3 is 10.1 Å². The first-order chi connectivity index (χ1) is 10.5. The van der Waals surface area contributed by atoms with Crippen LogP contribution < -0.4 is 5.32 Å². The average Bonchev–Trinajstić information content (AvgIpc) is 2.48. The quantitative estimate of drug-likeness (QED) is 0.821. The van der Waals surface area contributed by atoms with Gasteiger partial charge in [0, 0.05) is 19.6 Å². The zero-order valence-electron chi connectivity index (χ0n) is 12.7. The van der Waals surface area contributed by atoms with Gasteiger partial charge in [0.05, 0.1) is 24.9 Å². The van der Waals surface area contributed by atoms with Crippen LogP contribution in [0.3, 0.4) is 0 Å². The fourth-order valence-electron chi connectivity index (χ4n) is 2.33. The number of sulfonamides is 1. The number of nitrogens with zero attached hydrogens (tertiary/aromatic N) is 1. The van der Waals surface area contributed by atoms with Gasteiger partial charge in [0.2, 0.25) is 15.9 Å². The second-order valence-electron chi connectivity index (χ2n) is 5.37. The van der Waals surface area contributed by atoms with Gasteiger partial charge in [-0.05, 0) is 12.5 Å². The van der Waals surface area contributed by atoms with E-state index in [0.29, 0.717) is 19.7 Å². The number of ether oxygens (including phenoxy) is 1. The summed E-state index contributed by atoms with van der Waals surface area (Å²) in [5.41, 5.74) is 0.907. The van der Waals surface area contributed by atoms with Gasteiger partial charge in [-0.15, -0.1) is 0 Å². The third-order valence-corrected chi connectivity index (χ3v) is 5.33. The molecule has 1 aliphatic rings. The molecule has 1 unspecified atom stereocenters. The van der Waals surface area contributed by atoms with Crippen molar-refractivity contribution < 1.29 is 17.9 Å². The SMILES string of the molecule is CC1CN(S(=O)(=O)CCNC(=O)Cc2ccccc2)CCO1. The second-order valence-corrected chi connectivity index (χ2v) is 7.46. The first-order valence-corrected chi connectivity index (χ1v) is 8.98. The van der Waals surface area contributed by atoms with E-state index >= 15 is 0 Å². The lowest BCUT2D eigenvalue weighted by atomic mass is 10.1. The van der Waals surface area contributed by atoms with Crippen LogP contribution in [0.25, 0.3) is 0 Å². The molecular weight excluding hydrogens is 304 g/mol. The molecule has 1 aromatic carbocycles. The molecule has 1 N–H and O–H groups in total. The molecule has 0 spiro atoms. The van der Waals surface area contributed by atoms with Crippen LogP contribution in [0.5, 0.6) is 0 Å². The lowest BCUT2D eigenvalue weighted by Crippen LogP contribution is -2.46. The number of benzene rings is 1. The Morgan fingerprint density at radius 3 is 2.77 bits per heavy atom. The number of morpholine rings is 1. The summed E-state index contributed by atoms with van der Waals surface area (Å²) in [6.45, 7) is 3.15. The Morgan fingerprint density at radius 1 is 1.36 bits per heavy atom. The zero-order valence-corrected chi connectivity index (χ0v) is 13.5. The first-order valence-electron chi connectivity index (χ1n) is 7.37. The maximum absolute atomic E-state index is 12.2. The molecule has 0 aliphatic carbocycles. The average molecular weight is 326 g/mol. The van der Waals surface area contributed by atoms with E-state index in [4.69, 9.17) is 4.74 Å². The largest absolute Gasteiger partial charge is 0.376 e. The first kappa shape index (κ1) is 16.9. The minimum atomic E-state index is -3.35. The van der Waals surface area contributed by atoms with Gasteiger partial charge in [-0.2, -0.15) is 4.31 Å². The molecule has 0 saturated carbocycles. The van der Waals surface area contributed by atoms with Crippen LogP contribution in [-0.4, -0.2) is 56.7 Å². The van der Waals surface area contributed by atoms with Crippen molar-refractivity contribution >= 4 is 15.9 Å². The molecule has 6 nitrogen and oxygen atoms in total. The van der Waals surface area contributed by atoms with Crippen LogP contribution in [0.2, 0.25) is 0 Å². The van der Waals surface area contributed by atoms with Gasteiger partial charge in [0.25, 0.3) is 0 Å². The van der Waals surface area contributed by atoms with E-state index in [1.165, 1.54) is 4.31 Å². The highest BCUT2D eigenvalue weighted by atomic mass is 32.2. The Hall–Kier alpha value is -1.44. The predicted octanol–water partition coefficient (Wildman–Crippen LogP) is 0.396. The van der Waals surface area contributed by atoms with Gasteiger partial charge in [-0.3, -0.25) is 4.79 Å². The number of amides is 1. The molecule has 0 aromatic heterocycles. The van der Waals surface area contributed by atoms with Crippen molar-refractivity contribution in [2.45, 2.75) is 19.4 Å². The maximum atomic E-state index is 12.2. The molecule has 1 aliphatic heterocycles. The van der Waals surface area contributed by atoms with Crippen LogP contribution in [-0.2, 0) is 26.0 Å². The molecule has 22 heavy (non-hydrogen) atoms. The number of carbonyl (C=O) groups excluding carboxylic acids is 1. The van der Waals surface area contributed by atoms with Gasteiger partial charge in [-0.1, -0.05) is 30.3 Å². The second kappa shape index (κ2) is 7.71. The zero-order chi connectivity index (χ0) is 16.0. The van der Waals surface area contributed by atoms with Crippen molar-refractivity contribution in [2.75, 3.05) is 32.0 Å². The Morgan fingerprint density at radius 2 is 2.09 bits per heavy atom. The summed E-state index contributed by atoms with van der Waals surface area (Å²) in [5, 5.41) is 2.66. The molecule has 1 saturated heterocycles. The monoisotopic (exact) mass is 326 g/mol. The molecule has 1 atom stereocenters. The normalized spacial score (nSPS) is 19.8. The molecule has 1 amide bonds. The summed E-state index contributed by atoms with van der Waals surface area (Å²) in [7, 11) is -3.35. The van der Waals surface area contributed by atoms with Gasteiger partial charge >= 0.3 is 0 Å². The van der Waals surface area contributed by atoms with Crippen molar-refractivity contribution in [2.24, 2.45) is 0 Å². The summed E-state index contributed by atoms with van der Waals surface area (Å²) >= 11 is 0. The van der Waals surface area contributed by atoms with Crippen LogP contribution in [0.1, 0.15) is 12.5 Å². The van der Waals surface area contributed by atoms with Crippen molar-refractivity contribution in [3.8, 4) is 0 Å². The van der Waals surface area contributed by atoms with E-state index in [1.807, 2.05) is 37.3 Å². The predicted molar refractivity (Wildman–Crippen MR) is 83.9 cm³/mol. The molecular formula is C15H22N2O4S. The Labute approximate surface area is 131 Å². The van der Waals surface area contributed by atoms with E-state index in [2.05, 4.69) is 5.32 Å². The minimum Gasteiger partial charge on any atom is -0.376 e. The number of hydrogen-bond acceptors (Lipinski definition) is 4. The minimum absolute atomic E-state index is 0.0831. The highest BCUT2D eigenvalue weighted by Crippen LogP contribution is 2.09. The molecule has 0 bridgehead atoms. The lowest BCUT2D eigenvalue weighted by Gasteiger charge is -2.30. The van der Waals surface area contributed by atoms with Gasteiger partial charge in [-0.25, -0.2) is 8.42 Å². The highest BCUT2D eigenvalue weighted by Gasteiger charge is 2.27. The summed E-state index contributed by atoms with van der Waals surface area (Å²) in [6, 6.07) is 9.35. The third kappa shape index (κ3) is 5.08. The number of hydrogen-bond donors (Lipinski definition) is 1. The van der Waals surface area contributed by atoms with E-state index < -0.39 is 10.0 Å². The number of carbonyl (C=O) groups is 1. The standard InChI is InChI=1S/C15H22N2O4S/c1-13-12-17(8-9-21-13)22(19,20)10-7-16-15(18)11-14-5-3-2-4-6-14/h2-6,13H,7-12H2,1H3,(H,16,18). The third-order valence-electron chi connectivity index (χ3n) is 3.49. The van der Waals surface area contributed by atoms with Crippen molar-refractivity contribution in [3.05, 3.63) is 35.9 Å². The summed E-state index contributed by atoms with van der Waals surface area (Å²) < 4.78 is 31.2. The summed E-state index contributed by atoms with van der Waals surface area (Å²) in [4.78, 5) is 11.8. The van der Waals surface area contributed by atoms with E-state index in [1.54, 1.807) is 0 Å². The maximum Gasteiger partial charge on any atom is 0.224 e. The van der Waals surface area contributed by atoms with Crippen LogP contribution in [0.4, 0.5) is 0 Å². The molecule has 0 radical (unpaired) electrons. The molecule has 1 heterocycles. The Balaban J connectivity index is 1.76. The highest BCUT2D eigenvalue weighted by molar-refractivity contribution is 7.89. The summed E-state index contributed by atoms with van der Waals surface area (Å²) in [6.07, 6.45) is 0.173. The number of nitrogens with one attached hydrogen (secondary N) is 1.